The zero-order chi connectivity index (χ0) is 14.9. The topological polar surface area (TPSA) is 50.9 Å². The third kappa shape index (κ3) is 3.17. The van der Waals surface area contributed by atoms with Crippen molar-refractivity contribution in [2.75, 3.05) is 0 Å². The van der Waals surface area contributed by atoms with E-state index in [1.165, 1.54) is 6.20 Å². The summed E-state index contributed by atoms with van der Waals surface area (Å²) in [6.07, 6.45) is 1.86. The van der Waals surface area contributed by atoms with Crippen LogP contribution in [0.2, 0.25) is 10.0 Å². The van der Waals surface area contributed by atoms with E-state index in [2.05, 4.69) is 26.0 Å². The molecule has 0 amide bonds. The van der Waals surface area contributed by atoms with Gasteiger partial charge in [0.2, 0.25) is 0 Å². The molecular weight excluding hydrogens is 365 g/mol. The van der Waals surface area contributed by atoms with Gasteiger partial charge < -0.3 is 5.11 Å². The molecule has 2 aromatic rings. The molecular formula is C13H14BrCl2N3O. The Bertz CT molecular complexity index is 630. The van der Waals surface area contributed by atoms with Gasteiger partial charge in [0.05, 0.1) is 31.6 Å². The summed E-state index contributed by atoms with van der Waals surface area (Å²) < 4.78 is 2.68. The minimum Gasteiger partial charge on any atom is -0.386 e. The van der Waals surface area contributed by atoms with E-state index in [4.69, 9.17) is 23.2 Å². The Morgan fingerprint density at radius 1 is 1.45 bits per heavy atom. The maximum Gasteiger partial charge on any atom is 0.103 e. The third-order valence-corrected chi connectivity index (χ3v) is 4.47. The van der Waals surface area contributed by atoms with Gasteiger partial charge in [-0.2, -0.15) is 5.10 Å². The van der Waals surface area contributed by atoms with Gasteiger partial charge in [0.15, 0.2) is 0 Å². The van der Waals surface area contributed by atoms with Gasteiger partial charge in [-0.1, -0.05) is 30.1 Å². The first-order valence-corrected chi connectivity index (χ1v) is 7.68. The average molecular weight is 379 g/mol. The van der Waals surface area contributed by atoms with Gasteiger partial charge in [-0.05, 0) is 28.4 Å². The molecule has 1 atom stereocenters. The van der Waals surface area contributed by atoms with Crippen LogP contribution in [0, 0.1) is 0 Å². The van der Waals surface area contributed by atoms with Crippen molar-refractivity contribution < 1.29 is 5.11 Å². The first kappa shape index (κ1) is 15.8. The van der Waals surface area contributed by atoms with E-state index in [-0.39, 0.29) is 0 Å². The quantitative estimate of drug-likeness (QED) is 0.881. The van der Waals surface area contributed by atoms with Gasteiger partial charge >= 0.3 is 0 Å². The number of aromatic nitrogens is 3. The Balaban J connectivity index is 2.27. The number of aryl methyl sites for hydroxylation is 2. The molecule has 0 aliphatic heterocycles. The molecule has 2 heterocycles. The molecule has 0 spiro atoms. The lowest BCUT2D eigenvalue weighted by atomic mass is 10.1. The zero-order valence-corrected chi connectivity index (χ0v) is 14.2. The minimum absolute atomic E-state index is 0.360. The monoisotopic (exact) mass is 377 g/mol. The first-order chi connectivity index (χ1) is 9.43. The number of aliphatic hydroxyl groups is 1. The van der Waals surface area contributed by atoms with Gasteiger partial charge in [-0.25, -0.2) is 0 Å². The predicted molar refractivity (Wildman–Crippen MR) is 83.2 cm³/mol. The summed E-state index contributed by atoms with van der Waals surface area (Å²) in [4.78, 5) is 4.10. The summed E-state index contributed by atoms with van der Waals surface area (Å²) in [6.45, 7) is 2.03. The predicted octanol–water partition coefficient (Wildman–Crippen LogP) is 3.72. The molecule has 20 heavy (non-hydrogen) atoms. The van der Waals surface area contributed by atoms with Crippen molar-refractivity contribution in [2.45, 2.75) is 25.9 Å². The van der Waals surface area contributed by atoms with Crippen molar-refractivity contribution in [3.8, 4) is 0 Å². The van der Waals surface area contributed by atoms with E-state index in [1.54, 1.807) is 10.7 Å². The Labute approximate surface area is 135 Å². The summed E-state index contributed by atoms with van der Waals surface area (Å²) in [6, 6.07) is 1.57. The highest BCUT2D eigenvalue weighted by atomic mass is 79.9. The van der Waals surface area contributed by atoms with Gasteiger partial charge in [0.1, 0.15) is 6.10 Å². The molecule has 0 aromatic carbocycles. The standard InChI is InChI=1S/C13H14BrCl2N3O/c1-3-9-12(14)10(19(2)18-9)5-11(20)13-8(16)4-7(15)6-17-13/h4,6,11,20H,3,5H2,1-2H3. The third-order valence-electron chi connectivity index (χ3n) is 3.04. The van der Waals surface area contributed by atoms with Crippen LogP contribution in [-0.4, -0.2) is 19.9 Å². The van der Waals surface area contributed by atoms with E-state index in [0.29, 0.717) is 22.2 Å². The minimum atomic E-state index is -0.809. The van der Waals surface area contributed by atoms with E-state index in [1.807, 2.05) is 14.0 Å². The summed E-state index contributed by atoms with van der Waals surface area (Å²) in [5.41, 5.74) is 2.29. The zero-order valence-electron chi connectivity index (χ0n) is 11.1. The summed E-state index contributed by atoms with van der Waals surface area (Å²) >= 11 is 15.4. The maximum absolute atomic E-state index is 10.3. The van der Waals surface area contributed by atoms with Crippen molar-refractivity contribution in [3.63, 3.8) is 0 Å². The number of halogens is 3. The van der Waals surface area contributed by atoms with E-state index in [9.17, 15) is 5.11 Å². The number of hydrogen-bond acceptors (Lipinski definition) is 3. The molecule has 0 aliphatic rings. The Hall–Kier alpha value is -0.620. The van der Waals surface area contributed by atoms with Crippen molar-refractivity contribution >= 4 is 39.1 Å². The lowest BCUT2D eigenvalue weighted by Crippen LogP contribution is -2.09. The molecule has 1 unspecified atom stereocenters. The highest BCUT2D eigenvalue weighted by Crippen LogP contribution is 2.29. The maximum atomic E-state index is 10.3. The molecule has 0 saturated carbocycles. The molecule has 108 valence electrons. The van der Waals surface area contributed by atoms with Gasteiger partial charge in [-0.3, -0.25) is 9.67 Å². The largest absolute Gasteiger partial charge is 0.386 e. The van der Waals surface area contributed by atoms with Crippen LogP contribution in [0.25, 0.3) is 0 Å². The van der Waals surface area contributed by atoms with Crippen molar-refractivity contribution in [2.24, 2.45) is 7.05 Å². The Morgan fingerprint density at radius 2 is 2.15 bits per heavy atom. The second-order valence-electron chi connectivity index (χ2n) is 4.43. The lowest BCUT2D eigenvalue weighted by Gasteiger charge is -2.12. The fourth-order valence-corrected chi connectivity index (χ4v) is 3.28. The van der Waals surface area contributed by atoms with Crippen molar-refractivity contribution in [1.82, 2.24) is 14.8 Å². The molecule has 0 aliphatic carbocycles. The Morgan fingerprint density at radius 3 is 2.70 bits per heavy atom. The van der Waals surface area contributed by atoms with E-state index >= 15 is 0 Å². The van der Waals surface area contributed by atoms with Gasteiger partial charge in [0.25, 0.3) is 0 Å². The fourth-order valence-electron chi connectivity index (χ4n) is 1.99. The highest BCUT2D eigenvalue weighted by Gasteiger charge is 2.20. The molecule has 7 heteroatoms. The summed E-state index contributed by atoms with van der Waals surface area (Å²) in [7, 11) is 1.85. The first-order valence-electron chi connectivity index (χ1n) is 6.13. The van der Waals surface area contributed by atoms with Crippen LogP contribution in [0.15, 0.2) is 16.7 Å². The van der Waals surface area contributed by atoms with Crippen molar-refractivity contribution in [1.29, 1.82) is 0 Å². The van der Waals surface area contributed by atoms with Crippen LogP contribution >= 0.6 is 39.1 Å². The summed E-state index contributed by atoms with van der Waals surface area (Å²) in [5.74, 6) is 0. The smallest absolute Gasteiger partial charge is 0.103 e. The van der Waals surface area contributed by atoms with Crippen molar-refractivity contribution in [3.05, 3.63) is 43.9 Å². The lowest BCUT2D eigenvalue weighted by molar-refractivity contribution is 0.171. The molecule has 2 rings (SSSR count). The molecule has 2 aromatic heterocycles. The highest BCUT2D eigenvalue weighted by molar-refractivity contribution is 9.10. The molecule has 0 radical (unpaired) electrons. The normalized spacial score (nSPS) is 12.7. The van der Waals surface area contributed by atoms with E-state index < -0.39 is 6.10 Å². The molecule has 1 N–H and O–H groups in total. The summed E-state index contributed by atoms with van der Waals surface area (Å²) in [5, 5.41) is 15.5. The van der Waals surface area contributed by atoms with Gasteiger partial charge in [0, 0.05) is 19.7 Å². The molecule has 0 bridgehead atoms. The number of pyridine rings is 1. The van der Waals surface area contributed by atoms with Crippen LogP contribution in [0.3, 0.4) is 0 Å². The van der Waals surface area contributed by atoms with Gasteiger partial charge in [-0.15, -0.1) is 0 Å². The molecule has 4 nitrogen and oxygen atoms in total. The number of aliphatic hydroxyl groups excluding tert-OH is 1. The van der Waals surface area contributed by atoms with Crippen LogP contribution < -0.4 is 0 Å². The van der Waals surface area contributed by atoms with E-state index in [0.717, 1.165) is 22.3 Å². The molecule has 0 saturated heterocycles. The van der Waals surface area contributed by atoms with Crippen LogP contribution in [-0.2, 0) is 19.9 Å². The second kappa shape index (κ2) is 6.43. The number of hydrogen-bond donors (Lipinski definition) is 1. The SMILES string of the molecule is CCc1nn(C)c(CC(O)c2ncc(Cl)cc2Cl)c1Br. The second-order valence-corrected chi connectivity index (χ2v) is 6.06. The van der Waals surface area contributed by atoms with Crippen LogP contribution in [0.4, 0.5) is 0 Å². The van der Waals surface area contributed by atoms with Crippen LogP contribution in [0.5, 0.6) is 0 Å². The average Bonchev–Trinajstić information content (AvgIpc) is 2.66. The number of nitrogens with zero attached hydrogens (tertiary/aromatic N) is 3. The number of rotatable bonds is 4. The molecule has 0 fully saturated rings. The Kier molecular flexibility index (Phi) is 5.07. The fraction of sp³-hybridized carbons (Fsp3) is 0.385. The van der Waals surface area contributed by atoms with Crippen LogP contribution in [0.1, 0.15) is 30.1 Å².